The van der Waals surface area contributed by atoms with Gasteiger partial charge in [0.05, 0.1) is 7.11 Å². The molecule has 0 aromatic heterocycles. The van der Waals surface area contributed by atoms with E-state index in [2.05, 4.69) is 16.0 Å². The molecule has 1 aliphatic rings. The van der Waals surface area contributed by atoms with Gasteiger partial charge in [0.15, 0.2) is 0 Å². The smallest absolute Gasteiger partial charge is 0.325 e. The molecule has 0 radical (unpaired) electrons. The van der Waals surface area contributed by atoms with Crippen LogP contribution in [0, 0.1) is 6.92 Å². The molecule has 1 aliphatic heterocycles. The number of nitrogens with zero attached hydrogens (tertiary/aromatic N) is 1. The molecule has 2 aromatic rings. The zero-order valence-corrected chi connectivity index (χ0v) is 18.4. The van der Waals surface area contributed by atoms with Crippen LogP contribution < -0.4 is 20.7 Å². The Balaban J connectivity index is 1.77. The summed E-state index contributed by atoms with van der Waals surface area (Å²) in [4.78, 5) is 50.6. The van der Waals surface area contributed by atoms with Crippen molar-refractivity contribution in [3.8, 4) is 5.75 Å². The van der Waals surface area contributed by atoms with E-state index in [1.54, 1.807) is 56.5 Å². The number of rotatable bonds is 7. The molecule has 3 rings (SSSR count). The number of methoxy groups -OCH3 is 1. The lowest BCUT2D eigenvalue weighted by molar-refractivity contribution is -0.134. The number of urea groups is 1. The Labute approximate surface area is 186 Å². The van der Waals surface area contributed by atoms with E-state index in [-0.39, 0.29) is 5.91 Å². The van der Waals surface area contributed by atoms with Crippen molar-refractivity contribution < 1.29 is 23.9 Å². The average Bonchev–Trinajstić information content (AvgIpc) is 2.98. The SMILES string of the molecule is CCC1(c2ccc(OC)c(C)c2)NC(=O)N(CC(=O)Nc2cccc(NC(C)=O)c2)C1=O. The lowest BCUT2D eigenvalue weighted by atomic mass is 9.86. The van der Waals surface area contributed by atoms with Gasteiger partial charge in [-0.2, -0.15) is 0 Å². The molecule has 0 spiro atoms. The minimum atomic E-state index is -1.25. The fourth-order valence-corrected chi connectivity index (χ4v) is 3.78. The second-order valence-corrected chi connectivity index (χ2v) is 7.57. The molecule has 3 N–H and O–H groups in total. The van der Waals surface area contributed by atoms with Gasteiger partial charge in [-0.1, -0.05) is 19.1 Å². The van der Waals surface area contributed by atoms with E-state index in [1.807, 2.05) is 6.92 Å². The van der Waals surface area contributed by atoms with Gasteiger partial charge in [0.1, 0.15) is 17.8 Å². The van der Waals surface area contributed by atoms with Crippen LogP contribution in [0.5, 0.6) is 5.75 Å². The van der Waals surface area contributed by atoms with Gasteiger partial charge < -0.3 is 20.7 Å². The monoisotopic (exact) mass is 438 g/mol. The Hall–Kier alpha value is -3.88. The first-order valence-electron chi connectivity index (χ1n) is 10.2. The molecule has 1 unspecified atom stereocenters. The summed E-state index contributed by atoms with van der Waals surface area (Å²) in [5, 5.41) is 8.05. The normalized spacial score (nSPS) is 17.7. The Bertz CT molecular complexity index is 1080. The van der Waals surface area contributed by atoms with Gasteiger partial charge in [-0.15, -0.1) is 0 Å². The Kier molecular flexibility index (Phi) is 6.47. The zero-order valence-electron chi connectivity index (χ0n) is 18.4. The summed E-state index contributed by atoms with van der Waals surface area (Å²) >= 11 is 0. The maximum atomic E-state index is 13.3. The largest absolute Gasteiger partial charge is 0.496 e. The highest BCUT2D eigenvalue weighted by Crippen LogP contribution is 2.34. The number of ether oxygens (including phenoxy) is 1. The molecule has 2 aromatic carbocycles. The van der Waals surface area contributed by atoms with Gasteiger partial charge >= 0.3 is 6.03 Å². The summed E-state index contributed by atoms with van der Waals surface area (Å²) in [5.41, 5.74) is 1.16. The van der Waals surface area contributed by atoms with E-state index < -0.39 is 29.9 Å². The number of hydrogen-bond donors (Lipinski definition) is 3. The first-order chi connectivity index (χ1) is 15.2. The lowest BCUT2D eigenvalue weighted by Gasteiger charge is -2.26. The van der Waals surface area contributed by atoms with E-state index in [0.29, 0.717) is 29.1 Å². The predicted molar refractivity (Wildman–Crippen MR) is 119 cm³/mol. The zero-order chi connectivity index (χ0) is 23.5. The van der Waals surface area contributed by atoms with Crippen molar-refractivity contribution in [2.45, 2.75) is 32.7 Å². The second-order valence-electron chi connectivity index (χ2n) is 7.57. The summed E-state index contributed by atoms with van der Waals surface area (Å²) in [6.07, 6.45) is 0.320. The molecule has 9 heteroatoms. The van der Waals surface area contributed by atoms with Gasteiger partial charge in [0.2, 0.25) is 11.8 Å². The third-order valence-corrected chi connectivity index (χ3v) is 5.36. The molecule has 9 nitrogen and oxygen atoms in total. The van der Waals surface area contributed by atoms with Crippen LogP contribution >= 0.6 is 0 Å². The van der Waals surface area contributed by atoms with Crippen molar-refractivity contribution in [1.82, 2.24) is 10.2 Å². The number of aryl methyl sites for hydroxylation is 1. The van der Waals surface area contributed by atoms with Gasteiger partial charge in [-0.3, -0.25) is 19.3 Å². The molecular weight excluding hydrogens is 412 g/mol. The van der Waals surface area contributed by atoms with Crippen LogP contribution in [0.4, 0.5) is 16.2 Å². The van der Waals surface area contributed by atoms with Gasteiger partial charge in [0.25, 0.3) is 5.91 Å². The number of imide groups is 1. The van der Waals surface area contributed by atoms with Crippen molar-refractivity contribution in [3.05, 3.63) is 53.6 Å². The first-order valence-corrected chi connectivity index (χ1v) is 10.2. The summed E-state index contributed by atoms with van der Waals surface area (Å²) < 4.78 is 5.28. The first kappa shape index (κ1) is 22.8. The molecular formula is C23H26N4O5. The summed E-state index contributed by atoms with van der Waals surface area (Å²) in [7, 11) is 1.56. The molecule has 0 aliphatic carbocycles. The molecule has 1 heterocycles. The van der Waals surface area contributed by atoms with E-state index in [0.717, 1.165) is 10.5 Å². The van der Waals surface area contributed by atoms with Crippen molar-refractivity contribution in [2.24, 2.45) is 0 Å². The number of carbonyl (C=O) groups is 4. The number of carbonyl (C=O) groups excluding carboxylic acids is 4. The number of nitrogens with one attached hydrogen (secondary N) is 3. The number of benzene rings is 2. The maximum Gasteiger partial charge on any atom is 0.325 e. The molecule has 168 valence electrons. The number of hydrogen-bond acceptors (Lipinski definition) is 5. The van der Waals surface area contributed by atoms with Crippen LogP contribution in [0.2, 0.25) is 0 Å². The minimum Gasteiger partial charge on any atom is -0.496 e. The van der Waals surface area contributed by atoms with Crippen LogP contribution in [-0.4, -0.2) is 42.3 Å². The lowest BCUT2D eigenvalue weighted by Crippen LogP contribution is -2.44. The van der Waals surface area contributed by atoms with Crippen LogP contribution in [0.3, 0.4) is 0 Å². The number of anilines is 2. The standard InChI is InChI=1S/C23H26N4O5/c1-5-23(16-9-10-19(32-4)14(2)11-16)21(30)27(22(31)26-23)13-20(29)25-18-8-6-7-17(12-18)24-15(3)28/h6-12H,5,13H2,1-4H3,(H,24,28)(H,25,29)(H,26,31). The molecule has 0 bridgehead atoms. The molecule has 1 atom stereocenters. The predicted octanol–water partition coefficient (Wildman–Crippen LogP) is 2.76. The molecule has 5 amide bonds. The van der Waals surface area contributed by atoms with Crippen molar-refractivity contribution >= 4 is 35.1 Å². The highest BCUT2D eigenvalue weighted by Gasteiger charge is 2.51. The van der Waals surface area contributed by atoms with E-state index >= 15 is 0 Å². The van der Waals surface area contributed by atoms with Crippen molar-refractivity contribution in [1.29, 1.82) is 0 Å². The van der Waals surface area contributed by atoms with Crippen molar-refractivity contribution in [2.75, 3.05) is 24.3 Å². The Morgan fingerprint density at radius 1 is 1.09 bits per heavy atom. The van der Waals surface area contributed by atoms with E-state index in [4.69, 9.17) is 4.74 Å². The van der Waals surface area contributed by atoms with Crippen LogP contribution in [0.25, 0.3) is 0 Å². The van der Waals surface area contributed by atoms with E-state index in [9.17, 15) is 19.2 Å². The molecule has 32 heavy (non-hydrogen) atoms. The van der Waals surface area contributed by atoms with Gasteiger partial charge in [-0.05, 0) is 54.8 Å². The third-order valence-electron chi connectivity index (χ3n) is 5.36. The van der Waals surface area contributed by atoms with Crippen molar-refractivity contribution in [3.63, 3.8) is 0 Å². The number of amides is 5. The Morgan fingerprint density at radius 3 is 2.38 bits per heavy atom. The van der Waals surface area contributed by atoms with E-state index in [1.165, 1.54) is 6.92 Å². The fraction of sp³-hybridized carbons (Fsp3) is 0.304. The average molecular weight is 438 g/mol. The minimum absolute atomic E-state index is 0.238. The summed E-state index contributed by atoms with van der Waals surface area (Å²) in [6, 6.07) is 11.2. The van der Waals surface area contributed by atoms with Crippen LogP contribution in [-0.2, 0) is 19.9 Å². The Morgan fingerprint density at radius 2 is 1.78 bits per heavy atom. The molecule has 1 saturated heterocycles. The molecule has 0 saturated carbocycles. The van der Waals surface area contributed by atoms with Gasteiger partial charge in [0, 0.05) is 18.3 Å². The highest BCUT2D eigenvalue weighted by atomic mass is 16.5. The quantitative estimate of drug-likeness (QED) is 0.575. The third kappa shape index (κ3) is 4.41. The van der Waals surface area contributed by atoms with Crippen LogP contribution in [0.15, 0.2) is 42.5 Å². The maximum absolute atomic E-state index is 13.3. The highest BCUT2D eigenvalue weighted by molar-refractivity contribution is 6.10. The van der Waals surface area contributed by atoms with Crippen LogP contribution in [0.1, 0.15) is 31.4 Å². The fourth-order valence-electron chi connectivity index (χ4n) is 3.78. The second kappa shape index (κ2) is 9.09. The van der Waals surface area contributed by atoms with Gasteiger partial charge in [-0.25, -0.2) is 4.79 Å². The summed E-state index contributed by atoms with van der Waals surface area (Å²) in [6.45, 7) is 4.60. The molecule has 1 fully saturated rings. The summed E-state index contributed by atoms with van der Waals surface area (Å²) in [5.74, 6) is -0.588. The topological polar surface area (TPSA) is 117 Å².